The molecule has 3 rings (SSSR count). The lowest BCUT2D eigenvalue weighted by molar-refractivity contribution is -0.137. The maximum absolute atomic E-state index is 13.8. The number of halogens is 4. The predicted molar refractivity (Wildman–Crippen MR) is 72.9 cm³/mol. The second-order valence-electron chi connectivity index (χ2n) is 5.11. The van der Waals surface area contributed by atoms with Gasteiger partial charge in [-0.25, -0.2) is 4.39 Å². The molecule has 0 saturated heterocycles. The maximum Gasteiger partial charge on any atom is 0.416 e. The Morgan fingerprint density at radius 2 is 1.73 bits per heavy atom. The van der Waals surface area contributed by atoms with Gasteiger partial charge >= 0.3 is 6.18 Å². The summed E-state index contributed by atoms with van der Waals surface area (Å²) in [5.41, 5.74) is 0.373. The molecule has 0 fully saturated rings. The Hall–Kier alpha value is -2.37. The van der Waals surface area contributed by atoms with Crippen molar-refractivity contribution in [1.82, 2.24) is 0 Å². The van der Waals surface area contributed by atoms with Crippen LogP contribution in [0.2, 0.25) is 0 Å². The van der Waals surface area contributed by atoms with Gasteiger partial charge in [-0.15, -0.1) is 0 Å². The number of carbonyl (C=O) groups excluding carboxylic acids is 1. The highest BCUT2D eigenvalue weighted by molar-refractivity contribution is 5.93. The molecule has 2 aromatic rings. The number of Topliss-reactive ketones (excluding diaryl/α,β-unsaturated/α-hetero) is 1. The standard InChI is InChI=1S/C16H11F4NO/c17-12-3-1-2-10-8-13(22)15(21-14(10)12)9-4-6-11(7-5-9)16(18,19)20/h1-7,15,21H,8H2. The minimum atomic E-state index is -4.43. The zero-order valence-corrected chi connectivity index (χ0v) is 11.2. The number of carbonyl (C=O) groups is 1. The Morgan fingerprint density at radius 3 is 2.36 bits per heavy atom. The first-order chi connectivity index (χ1) is 10.4. The van der Waals surface area contributed by atoms with E-state index in [1.54, 1.807) is 6.07 Å². The Labute approximate surface area is 123 Å². The maximum atomic E-state index is 13.8. The lowest BCUT2D eigenvalue weighted by atomic mass is 9.91. The summed E-state index contributed by atoms with van der Waals surface area (Å²) in [6.45, 7) is 0. The average molecular weight is 309 g/mol. The van der Waals surface area contributed by atoms with Crippen molar-refractivity contribution in [2.24, 2.45) is 0 Å². The van der Waals surface area contributed by atoms with Crippen molar-refractivity contribution < 1.29 is 22.4 Å². The molecular formula is C16H11F4NO. The van der Waals surface area contributed by atoms with Crippen molar-refractivity contribution in [3.05, 3.63) is 65.0 Å². The zero-order chi connectivity index (χ0) is 15.9. The highest BCUT2D eigenvalue weighted by atomic mass is 19.4. The molecule has 2 aromatic carbocycles. The summed E-state index contributed by atoms with van der Waals surface area (Å²) < 4.78 is 51.5. The van der Waals surface area contributed by atoms with Crippen LogP contribution in [0.4, 0.5) is 23.2 Å². The molecule has 114 valence electrons. The molecule has 0 aromatic heterocycles. The van der Waals surface area contributed by atoms with Gasteiger partial charge in [-0.3, -0.25) is 4.79 Å². The molecule has 2 nitrogen and oxygen atoms in total. The van der Waals surface area contributed by atoms with E-state index in [0.717, 1.165) is 12.1 Å². The first-order valence-corrected chi connectivity index (χ1v) is 6.60. The number of ketones is 1. The molecule has 1 aliphatic rings. The number of fused-ring (bicyclic) bond motifs is 1. The number of para-hydroxylation sites is 1. The van der Waals surface area contributed by atoms with E-state index in [9.17, 15) is 22.4 Å². The van der Waals surface area contributed by atoms with Crippen LogP contribution in [-0.2, 0) is 17.4 Å². The van der Waals surface area contributed by atoms with E-state index in [4.69, 9.17) is 0 Å². The monoisotopic (exact) mass is 309 g/mol. The van der Waals surface area contributed by atoms with E-state index in [1.807, 2.05) is 0 Å². The minimum Gasteiger partial charge on any atom is -0.369 e. The fraction of sp³-hybridized carbons (Fsp3) is 0.188. The summed E-state index contributed by atoms with van der Waals surface area (Å²) in [6, 6.07) is 7.91. The number of benzene rings is 2. The molecule has 1 atom stereocenters. The summed E-state index contributed by atoms with van der Waals surface area (Å²) in [6.07, 6.45) is -4.38. The van der Waals surface area contributed by atoms with Gasteiger partial charge in [-0.2, -0.15) is 13.2 Å². The minimum absolute atomic E-state index is 0.0474. The first-order valence-electron chi connectivity index (χ1n) is 6.60. The summed E-state index contributed by atoms with van der Waals surface area (Å²) in [4.78, 5) is 12.1. The molecule has 0 radical (unpaired) electrons. The van der Waals surface area contributed by atoms with Gasteiger partial charge in [-0.1, -0.05) is 24.3 Å². The molecule has 1 N–H and O–H groups in total. The van der Waals surface area contributed by atoms with Gasteiger partial charge in [0.2, 0.25) is 0 Å². The number of nitrogens with one attached hydrogen (secondary N) is 1. The van der Waals surface area contributed by atoms with Crippen LogP contribution in [-0.4, -0.2) is 5.78 Å². The smallest absolute Gasteiger partial charge is 0.369 e. The van der Waals surface area contributed by atoms with Crippen molar-refractivity contribution in [3.63, 3.8) is 0 Å². The van der Waals surface area contributed by atoms with E-state index >= 15 is 0 Å². The quantitative estimate of drug-likeness (QED) is 0.803. The average Bonchev–Trinajstić information content (AvgIpc) is 2.46. The molecule has 0 bridgehead atoms. The number of hydrogen-bond donors (Lipinski definition) is 1. The van der Waals surface area contributed by atoms with E-state index in [2.05, 4.69) is 5.32 Å². The summed E-state index contributed by atoms with van der Waals surface area (Å²) in [5, 5.41) is 2.78. The van der Waals surface area contributed by atoms with E-state index in [-0.39, 0.29) is 17.9 Å². The molecule has 1 aliphatic heterocycles. The van der Waals surface area contributed by atoms with Crippen LogP contribution in [0, 0.1) is 5.82 Å². The topological polar surface area (TPSA) is 29.1 Å². The van der Waals surface area contributed by atoms with Crippen LogP contribution in [0.5, 0.6) is 0 Å². The number of rotatable bonds is 1. The third kappa shape index (κ3) is 2.56. The first kappa shape index (κ1) is 14.6. The summed E-state index contributed by atoms with van der Waals surface area (Å²) >= 11 is 0. The van der Waals surface area contributed by atoms with Gasteiger partial charge in [0.05, 0.1) is 11.3 Å². The van der Waals surface area contributed by atoms with Crippen molar-refractivity contribution in [1.29, 1.82) is 0 Å². The Bertz CT molecular complexity index is 722. The van der Waals surface area contributed by atoms with Crippen molar-refractivity contribution in [2.75, 3.05) is 5.32 Å². The van der Waals surface area contributed by atoms with Gasteiger partial charge in [0.15, 0.2) is 5.78 Å². The lowest BCUT2D eigenvalue weighted by Gasteiger charge is -2.26. The highest BCUT2D eigenvalue weighted by Gasteiger charge is 2.32. The van der Waals surface area contributed by atoms with Crippen LogP contribution in [0.3, 0.4) is 0 Å². The van der Waals surface area contributed by atoms with Crippen LogP contribution >= 0.6 is 0 Å². The molecule has 6 heteroatoms. The normalized spacial score (nSPS) is 17.8. The summed E-state index contributed by atoms with van der Waals surface area (Å²) in [7, 11) is 0. The fourth-order valence-corrected chi connectivity index (χ4v) is 2.53. The van der Waals surface area contributed by atoms with Crippen molar-refractivity contribution in [2.45, 2.75) is 18.6 Å². The van der Waals surface area contributed by atoms with Gasteiger partial charge in [0.1, 0.15) is 11.9 Å². The van der Waals surface area contributed by atoms with Crippen LogP contribution < -0.4 is 5.32 Å². The third-order valence-electron chi connectivity index (χ3n) is 3.65. The van der Waals surface area contributed by atoms with Gasteiger partial charge in [0, 0.05) is 6.42 Å². The van der Waals surface area contributed by atoms with Crippen molar-refractivity contribution >= 4 is 11.5 Å². The lowest BCUT2D eigenvalue weighted by Crippen LogP contribution is -2.28. The molecule has 0 amide bonds. The van der Waals surface area contributed by atoms with Crippen molar-refractivity contribution in [3.8, 4) is 0 Å². The predicted octanol–water partition coefficient (Wildman–Crippen LogP) is 4.12. The SMILES string of the molecule is O=C1Cc2cccc(F)c2NC1c1ccc(C(F)(F)F)cc1. The number of hydrogen-bond acceptors (Lipinski definition) is 2. The Balaban J connectivity index is 1.93. The number of alkyl halides is 3. The second-order valence-corrected chi connectivity index (χ2v) is 5.11. The van der Waals surface area contributed by atoms with E-state index < -0.39 is 23.6 Å². The molecular weight excluding hydrogens is 298 g/mol. The molecule has 1 unspecified atom stereocenters. The van der Waals surface area contributed by atoms with Crippen LogP contribution in [0.1, 0.15) is 22.7 Å². The van der Waals surface area contributed by atoms with Crippen LogP contribution in [0.25, 0.3) is 0 Å². The van der Waals surface area contributed by atoms with Gasteiger partial charge in [0.25, 0.3) is 0 Å². The number of anilines is 1. The fourth-order valence-electron chi connectivity index (χ4n) is 2.53. The summed E-state index contributed by atoms with van der Waals surface area (Å²) in [5.74, 6) is -0.695. The second kappa shape index (κ2) is 5.12. The molecule has 22 heavy (non-hydrogen) atoms. The van der Waals surface area contributed by atoms with Crippen LogP contribution in [0.15, 0.2) is 42.5 Å². The highest BCUT2D eigenvalue weighted by Crippen LogP contribution is 2.34. The Morgan fingerprint density at radius 1 is 1.05 bits per heavy atom. The van der Waals surface area contributed by atoms with Gasteiger partial charge in [-0.05, 0) is 29.3 Å². The molecule has 0 spiro atoms. The van der Waals surface area contributed by atoms with E-state index in [1.165, 1.54) is 24.3 Å². The zero-order valence-electron chi connectivity index (χ0n) is 11.2. The Kier molecular flexibility index (Phi) is 3.39. The van der Waals surface area contributed by atoms with E-state index in [0.29, 0.717) is 11.1 Å². The molecule has 1 heterocycles. The third-order valence-corrected chi connectivity index (χ3v) is 3.65. The van der Waals surface area contributed by atoms with Gasteiger partial charge < -0.3 is 5.32 Å². The molecule has 0 saturated carbocycles. The molecule has 0 aliphatic carbocycles. The largest absolute Gasteiger partial charge is 0.416 e.